The van der Waals surface area contributed by atoms with Crippen molar-refractivity contribution in [1.29, 1.82) is 0 Å². The third kappa shape index (κ3) is 4.39. The fraction of sp³-hybridized carbons (Fsp3) is 0.333. The molecule has 0 fully saturated rings. The number of nitrogens with one attached hydrogen (secondary N) is 2. The topological polar surface area (TPSA) is 105 Å². The Balaban J connectivity index is 1.49. The number of benzene rings is 2. The smallest absolute Gasteiger partial charge is 0.262 e. The highest BCUT2D eigenvalue weighted by Crippen LogP contribution is 2.36. The molecule has 1 unspecified atom stereocenters. The maximum Gasteiger partial charge on any atom is 0.262 e. The quantitative estimate of drug-likeness (QED) is 0.708. The Morgan fingerprint density at radius 1 is 1.32 bits per heavy atom. The predicted molar refractivity (Wildman–Crippen MR) is 116 cm³/mol. The van der Waals surface area contributed by atoms with Crippen LogP contribution >= 0.6 is 11.6 Å². The molecule has 2 aromatic rings. The minimum absolute atomic E-state index is 0.0713. The molecular formula is C21H22ClN3O5S. The molecule has 1 atom stereocenters. The van der Waals surface area contributed by atoms with Crippen molar-refractivity contribution in [1.82, 2.24) is 9.62 Å². The zero-order chi connectivity index (χ0) is 22.2. The molecule has 1 heterocycles. The zero-order valence-corrected chi connectivity index (χ0v) is 18.4. The van der Waals surface area contributed by atoms with Crippen LogP contribution in [-0.2, 0) is 26.0 Å². The average molecular weight is 464 g/mol. The fourth-order valence-electron chi connectivity index (χ4n) is 3.88. The van der Waals surface area contributed by atoms with Gasteiger partial charge in [-0.3, -0.25) is 9.59 Å². The van der Waals surface area contributed by atoms with Crippen LogP contribution in [0.3, 0.4) is 0 Å². The highest BCUT2D eigenvalue weighted by molar-refractivity contribution is 7.89. The summed E-state index contributed by atoms with van der Waals surface area (Å²) in [6.45, 7) is -0.568. The molecule has 2 amide bonds. The molecule has 1 aliphatic heterocycles. The van der Waals surface area contributed by atoms with Crippen molar-refractivity contribution in [3.63, 3.8) is 0 Å². The van der Waals surface area contributed by atoms with Gasteiger partial charge in [0, 0.05) is 13.1 Å². The molecule has 2 aromatic carbocycles. The number of carbonyl (C=O) groups excluding carboxylic acids is 2. The molecule has 31 heavy (non-hydrogen) atoms. The lowest BCUT2D eigenvalue weighted by Crippen LogP contribution is -2.40. The Labute approximate surface area is 185 Å². The summed E-state index contributed by atoms with van der Waals surface area (Å²) >= 11 is 6.17. The first-order valence-corrected chi connectivity index (χ1v) is 11.7. The van der Waals surface area contributed by atoms with Gasteiger partial charge in [0.05, 0.1) is 23.3 Å². The second-order valence-corrected chi connectivity index (χ2v) is 10.0. The van der Waals surface area contributed by atoms with E-state index < -0.39 is 15.9 Å². The molecule has 1 aliphatic carbocycles. The Bertz CT molecular complexity index is 1150. The zero-order valence-electron chi connectivity index (χ0n) is 16.9. The van der Waals surface area contributed by atoms with Crippen LogP contribution < -0.4 is 15.4 Å². The first-order valence-electron chi connectivity index (χ1n) is 9.85. The summed E-state index contributed by atoms with van der Waals surface area (Å²) in [5.41, 5.74) is 2.58. The van der Waals surface area contributed by atoms with Gasteiger partial charge in [0.15, 0.2) is 6.61 Å². The van der Waals surface area contributed by atoms with E-state index in [1.807, 2.05) is 24.3 Å². The van der Waals surface area contributed by atoms with E-state index in [9.17, 15) is 18.0 Å². The maximum atomic E-state index is 13.0. The normalized spacial score (nSPS) is 17.9. The Kier molecular flexibility index (Phi) is 5.92. The monoisotopic (exact) mass is 463 g/mol. The SMILES string of the molecule is CN(CC(=O)NC1CCCc2ccccc21)S(=O)(=O)c1cc2c(cc1Cl)NC(=O)CO2. The molecule has 0 radical (unpaired) electrons. The number of likely N-dealkylation sites (N-methyl/N-ethyl adjacent to an activating group) is 1. The van der Waals surface area contributed by atoms with Crippen LogP contribution in [-0.4, -0.2) is 44.7 Å². The standard InChI is InChI=1S/C21H22ClN3O5S/c1-25(11-20(26)23-16-8-4-6-13-5-2-3-7-14(13)16)31(28,29)19-10-18-17(9-15(19)22)24-21(27)12-30-18/h2-3,5,7,9-10,16H,4,6,8,11-12H2,1H3,(H,23,26)(H,24,27). The summed E-state index contributed by atoms with van der Waals surface area (Å²) < 4.78 is 32.3. The van der Waals surface area contributed by atoms with Crippen molar-refractivity contribution >= 4 is 39.1 Å². The number of carbonyl (C=O) groups is 2. The van der Waals surface area contributed by atoms with Gasteiger partial charge in [0.25, 0.3) is 5.91 Å². The number of nitrogens with zero attached hydrogens (tertiary/aromatic N) is 1. The lowest BCUT2D eigenvalue weighted by atomic mass is 9.88. The maximum absolute atomic E-state index is 13.0. The van der Waals surface area contributed by atoms with Crippen molar-refractivity contribution in [3.05, 3.63) is 52.5 Å². The molecule has 0 bridgehead atoms. The van der Waals surface area contributed by atoms with E-state index in [0.717, 1.165) is 29.1 Å². The molecule has 4 rings (SSSR count). The first-order chi connectivity index (χ1) is 14.8. The number of sulfonamides is 1. The number of halogens is 1. The second kappa shape index (κ2) is 8.49. The van der Waals surface area contributed by atoms with Crippen LogP contribution in [0.25, 0.3) is 0 Å². The van der Waals surface area contributed by atoms with Crippen molar-refractivity contribution in [2.75, 3.05) is 25.5 Å². The number of anilines is 1. The van der Waals surface area contributed by atoms with Gasteiger partial charge in [-0.15, -0.1) is 0 Å². The number of hydrogen-bond donors (Lipinski definition) is 2. The van der Waals surface area contributed by atoms with E-state index in [-0.39, 0.29) is 40.8 Å². The van der Waals surface area contributed by atoms with Crippen LogP contribution in [0, 0.1) is 0 Å². The van der Waals surface area contributed by atoms with E-state index >= 15 is 0 Å². The highest BCUT2D eigenvalue weighted by atomic mass is 35.5. The van der Waals surface area contributed by atoms with Crippen molar-refractivity contribution in [2.24, 2.45) is 0 Å². The molecule has 164 valence electrons. The first kappa shape index (κ1) is 21.6. The van der Waals surface area contributed by atoms with Gasteiger partial charge in [-0.2, -0.15) is 4.31 Å². The average Bonchev–Trinajstić information content (AvgIpc) is 2.73. The molecule has 0 saturated carbocycles. The van der Waals surface area contributed by atoms with E-state index in [1.54, 1.807) is 0 Å². The second-order valence-electron chi connectivity index (χ2n) is 7.59. The number of amides is 2. The van der Waals surface area contributed by atoms with E-state index in [2.05, 4.69) is 10.6 Å². The molecule has 0 aromatic heterocycles. The largest absolute Gasteiger partial charge is 0.482 e. The Morgan fingerprint density at radius 3 is 2.90 bits per heavy atom. The van der Waals surface area contributed by atoms with Crippen LogP contribution in [0.4, 0.5) is 5.69 Å². The third-order valence-electron chi connectivity index (χ3n) is 5.43. The molecular weight excluding hydrogens is 442 g/mol. The summed E-state index contributed by atoms with van der Waals surface area (Å²) in [5, 5.41) is 5.45. The summed E-state index contributed by atoms with van der Waals surface area (Å²) in [6, 6.07) is 10.4. The van der Waals surface area contributed by atoms with E-state index in [4.69, 9.17) is 16.3 Å². The number of hydrogen-bond acceptors (Lipinski definition) is 5. The predicted octanol–water partition coefficient (Wildman–Crippen LogP) is 2.49. The minimum Gasteiger partial charge on any atom is -0.482 e. The molecule has 0 spiro atoms. The van der Waals surface area contributed by atoms with Crippen molar-refractivity contribution in [3.8, 4) is 5.75 Å². The Hall–Kier alpha value is -2.62. The van der Waals surface area contributed by atoms with Gasteiger partial charge in [0.1, 0.15) is 10.6 Å². The van der Waals surface area contributed by atoms with Crippen LogP contribution in [0.2, 0.25) is 5.02 Å². The molecule has 0 saturated heterocycles. The molecule has 8 nitrogen and oxygen atoms in total. The minimum atomic E-state index is -4.07. The summed E-state index contributed by atoms with van der Waals surface area (Å²) in [4.78, 5) is 23.9. The van der Waals surface area contributed by atoms with E-state index in [0.29, 0.717) is 5.69 Å². The van der Waals surface area contributed by atoms with Gasteiger partial charge in [-0.1, -0.05) is 35.9 Å². The molecule has 10 heteroatoms. The molecule has 2 N–H and O–H groups in total. The van der Waals surface area contributed by atoms with Gasteiger partial charge < -0.3 is 15.4 Å². The third-order valence-corrected chi connectivity index (χ3v) is 7.69. The number of rotatable bonds is 5. The number of fused-ring (bicyclic) bond motifs is 2. The van der Waals surface area contributed by atoms with Crippen molar-refractivity contribution in [2.45, 2.75) is 30.2 Å². The van der Waals surface area contributed by atoms with Gasteiger partial charge in [-0.05, 0) is 36.5 Å². The highest BCUT2D eigenvalue weighted by Gasteiger charge is 2.30. The molecule has 2 aliphatic rings. The van der Waals surface area contributed by atoms with Crippen LogP contribution in [0.5, 0.6) is 5.75 Å². The Morgan fingerprint density at radius 2 is 2.10 bits per heavy atom. The fourth-order valence-corrected chi connectivity index (χ4v) is 5.52. The van der Waals surface area contributed by atoms with Crippen LogP contribution in [0.15, 0.2) is 41.3 Å². The van der Waals surface area contributed by atoms with Crippen molar-refractivity contribution < 1.29 is 22.7 Å². The number of aryl methyl sites for hydroxylation is 1. The van der Waals surface area contributed by atoms with Gasteiger partial charge >= 0.3 is 0 Å². The van der Waals surface area contributed by atoms with Gasteiger partial charge in [-0.25, -0.2) is 8.42 Å². The summed E-state index contributed by atoms with van der Waals surface area (Å²) in [6.07, 6.45) is 2.73. The summed E-state index contributed by atoms with van der Waals surface area (Å²) in [7, 11) is -2.74. The number of ether oxygens (including phenoxy) is 1. The van der Waals surface area contributed by atoms with Crippen LogP contribution in [0.1, 0.15) is 30.0 Å². The lowest BCUT2D eigenvalue weighted by molar-refractivity contribution is -0.122. The van der Waals surface area contributed by atoms with E-state index in [1.165, 1.54) is 24.7 Å². The lowest BCUT2D eigenvalue weighted by Gasteiger charge is -2.27. The van der Waals surface area contributed by atoms with Gasteiger partial charge in [0.2, 0.25) is 15.9 Å². The summed E-state index contributed by atoms with van der Waals surface area (Å²) in [5.74, 6) is -0.540.